The quantitative estimate of drug-likeness (QED) is 0.436. The van der Waals surface area contributed by atoms with Gasteiger partial charge in [0.15, 0.2) is 6.10 Å². The van der Waals surface area contributed by atoms with E-state index < -0.39 is 16.1 Å². The van der Waals surface area contributed by atoms with E-state index in [1.807, 2.05) is 52.0 Å². The fourth-order valence-corrected chi connectivity index (χ4v) is 4.42. The van der Waals surface area contributed by atoms with E-state index in [1.54, 1.807) is 24.3 Å². The smallest absolute Gasteiger partial charge is 0.265 e. The number of aryl methyl sites for hydroxylation is 3. The average molecular weight is 483 g/mol. The number of anilines is 2. The van der Waals surface area contributed by atoms with Gasteiger partial charge in [-0.2, -0.15) is 0 Å². The van der Waals surface area contributed by atoms with Gasteiger partial charge < -0.3 is 14.8 Å². The van der Waals surface area contributed by atoms with Crippen LogP contribution in [-0.4, -0.2) is 27.5 Å². The maximum Gasteiger partial charge on any atom is 0.265 e. The van der Waals surface area contributed by atoms with Crippen molar-refractivity contribution < 1.29 is 22.7 Å². The van der Waals surface area contributed by atoms with Crippen LogP contribution in [0.1, 0.15) is 30.0 Å². The summed E-state index contributed by atoms with van der Waals surface area (Å²) in [6.45, 7) is 7.63. The SMILES string of the molecule is CC[C@H](Oc1cc(C)ccc1C)C(=O)Nc1ccc(S(=O)(=O)Nc2cc(C)ccc2OC)cc1. The number of carbonyl (C=O) groups is 1. The molecule has 0 aliphatic heterocycles. The summed E-state index contributed by atoms with van der Waals surface area (Å²) < 4.78 is 39.5. The maximum absolute atomic E-state index is 12.9. The molecule has 7 nitrogen and oxygen atoms in total. The molecule has 0 heterocycles. The van der Waals surface area contributed by atoms with E-state index in [0.29, 0.717) is 29.3 Å². The van der Waals surface area contributed by atoms with Crippen molar-refractivity contribution in [3.05, 3.63) is 77.4 Å². The van der Waals surface area contributed by atoms with E-state index in [0.717, 1.165) is 16.7 Å². The molecular formula is C26H30N2O5S. The lowest BCUT2D eigenvalue weighted by atomic mass is 10.1. The zero-order valence-electron chi connectivity index (χ0n) is 20.0. The monoisotopic (exact) mass is 482 g/mol. The minimum absolute atomic E-state index is 0.0627. The Morgan fingerprint density at radius 2 is 1.56 bits per heavy atom. The molecule has 0 bridgehead atoms. The number of amides is 1. The van der Waals surface area contributed by atoms with E-state index in [-0.39, 0.29) is 10.8 Å². The largest absolute Gasteiger partial charge is 0.495 e. The molecular weight excluding hydrogens is 452 g/mol. The van der Waals surface area contributed by atoms with E-state index in [9.17, 15) is 13.2 Å². The van der Waals surface area contributed by atoms with Crippen LogP contribution in [0.25, 0.3) is 0 Å². The van der Waals surface area contributed by atoms with Crippen LogP contribution in [0, 0.1) is 20.8 Å². The molecule has 0 saturated heterocycles. The van der Waals surface area contributed by atoms with Crippen molar-refractivity contribution in [1.29, 1.82) is 0 Å². The summed E-state index contributed by atoms with van der Waals surface area (Å²) in [5.74, 6) is 0.787. The summed E-state index contributed by atoms with van der Waals surface area (Å²) in [5, 5.41) is 2.80. The van der Waals surface area contributed by atoms with Crippen molar-refractivity contribution >= 4 is 27.3 Å². The fourth-order valence-electron chi connectivity index (χ4n) is 3.36. The minimum Gasteiger partial charge on any atom is -0.495 e. The van der Waals surface area contributed by atoms with Gasteiger partial charge in [0, 0.05) is 5.69 Å². The van der Waals surface area contributed by atoms with Gasteiger partial charge in [-0.05, 0) is 86.3 Å². The van der Waals surface area contributed by atoms with Crippen LogP contribution < -0.4 is 19.5 Å². The highest BCUT2D eigenvalue weighted by Crippen LogP contribution is 2.28. The molecule has 0 aromatic heterocycles. The van der Waals surface area contributed by atoms with Crippen molar-refractivity contribution in [2.75, 3.05) is 17.1 Å². The Morgan fingerprint density at radius 1 is 0.912 bits per heavy atom. The van der Waals surface area contributed by atoms with Gasteiger partial charge in [-0.25, -0.2) is 8.42 Å². The van der Waals surface area contributed by atoms with Crippen LogP contribution in [0.4, 0.5) is 11.4 Å². The number of rotatable bonds is 9. The molecule has 0 unspecified atom stereocenters. The third-order valence-electron chi connectivity index (χ3n) is 5.31. The lowest BCUT2D eigenvalue weighted by molar-refractivity contribution is -0.122. The molecule has 34 heavy (non-hydrogen) atoms. The molecule has 0 aliphatic carbocycles. The Morgan fingerprint density at radius 3 is 2.21 bits per heavy atom. The Kier molecular flexibility index (Phi) is 7.83. The average Bonchev–Trinajstić information content (AvgIpc) is 2.79. The second-order valence-corrected chi connectivity index (χ2v) is 9.79. The lowest BCUT2D eigenvalue weighted by Gasteiger charge is -2.19. The number of methoxy groups -OCH3 is 1. The highest BCUT2D eigenvalue weighted by molar-refractivity contribution is 7.92. The van der Waals surface area contributed by atoms with Crippen molar-refractivity contribution in [3.63, 3.8) is 0 Å². The van der Waals surface area contributed by atoms with Crippen molar-refractivity contribution in [1.82, 2.24) is 0 Å². The Bertz CT molecular complexity index is 1270. The Hall–Kier alpha value is -3.52. The molecule has 2 N–H and O–H groups in total. The third kappa shape index (κ3) is 6.08. The molecule has 3 aromatic carbocycles. The summed E-state index contributed by atoms with van der Waals surface area (Å²) in [5.41, 5.74) is 3.72. The van der Waals surface area contributed by atoms with E-state index in [4.69, 9.17) is 9.47 Å². The second kappa shape index (κ2) is 10.6. The topological polar surface area (TPSA) is 93.7 Å². The molecule has 0 spiro atoms. The van der Waals surface area contributed by atoms with Crippen LogP contribution in [0.15, 0.2) is 65.6 Å². The summed E-state index contributed by atoms with van der Waals surface area (Å²) in [6.07, 6.45) is -0.201. The molecule has 0 saturated carbocycles. The number of hydrogen-bond donors (Lipinski definition) is 2. The van der Waals surface area contributed by atoms with Crippen LogP contribution >= 0.6 is 0 Å². The number of benzene rings is 3. The van der Waals surface area contributed by atoms with Gasteiger partial charge in [0.25, 0.3) is 15.9 Å². The standard InChI is InChI=1S/C26H30N2O5S/c1-6-23(33-25-16-18(3)7-9-19(25)4)26(29)27-20-10-12-21(13-11-20)34(30,31)28-22-15-17(2)8-14-24(22)32-5/h7-16,23,28H,6H2,1-5H3,(H,27,29)/t23-/m0/s1. The lowest BCUT2D eigenvalue weighted by Crippen LogP contribution is -2.32. The molecule has 1 amide bonds. The van der Waals surface area contributed by atoms with Gasteiger partial charge in [0.1, 0.15) is 11.5 Å². The van der Waals surface area contributed by atoms with Crippen LogP contribution in [0.2, 0.25) is 0 Å². The molecule has 0 radical (unpaired) electrons. The minimum atomic E-state index is -3.85. The maximum atomic E-state index is 12.9. The molecule has 8 heteroatoms. The third-order valence-corrected chi connectivity index (χ3v) is 6.69. The number of nitrogens with one attached hydrogen (secondary N) is 2. The van der Waals surface area contributed by atoms with Gasteiger partial charge >= 0.3 is 0 Å². The van der Waals surface area contributed by atoms with Gasteiger partial charge in [-0.1, -0.05) is 25.1 Å². The number of carbonyl (C=O) groups excluding carboxylic acids is 1. The summed E-state index contributed by atoms with van der Waals surface area (Å²) >= 11 is 0. The van der Waals surface area contributed by atoms with Crippen LogP contribution in [-0.2, 0) is 14.8 Å². The highest BCUT2D eigenvalue weighted by atomic mass is 32.2. The molecule has 1 atom stereocenters. The molecule has 0 fully saturated rings. The van der Waals surface area contributed by atoms with E-state index in [1.165, 1.54) is 19.2 Å². The molecule has 3 aromatic rings. The van der Waals surface area contributed by atoms with E-state index >= 15 is 0 Å². The Balaban J connectivity index is 1.71. The predicted octanol–water partition coefficient (Wildman–Crippen LogP) is 5.22. The van der Waals surface area contributed by atoms with Crippen molar-refractivity contribution in [3.8, 4) is 11.5 Å². The van der Waals surface area contributed by atoms with Gasteiger partial charge in [-0.3, -0.25) is 9.52 Å². The normalized spacial score (nSPS) is 12.0. The first-order valence-electron chi connectivity index (χ1n) is 10.9. The van der Waals surface area contributed by atoms with Crippen LogP contribution in [0.3, 0.4) is 0 Å². The van der Waals surface area contributed by atoms with Gasteiger partial charge in [0.2, 0.25) is 0 Å². The molecule has 180 valence electrons. The summed E-state index contributed by atoms with van der Waals surface area (Å²) in [6, 6.07) is 17.1. The second-order valence-electron chi connectivity index (χ2n) is 8.11. The summed E-state index contributed by atoms with van der Waals surface area (Å²) in [4.78, 5) is 12.9. The van der Waals surface area contributed by atoms with E-state index in [2.05, 4.69) is 10.0 Å². The number of ether oxygens (including phenoxy) is 2. The first-order chi connectivity index (χ1) is 16.1. The van der Waals surface area contributed by atoms with Gasteiger partial charge in [0.05, 0.1) is 17.7 Å². The number of hydrogen-bond acceptors (Lipinski definition) is 5. The van der Waals surface area contributed by atoms with Gasteiger partial charge in [-0.15, -0.1) is 0 Å². The van der Waals surface area contributed by atoms with Crippen molar-refractivity contribution in [2.24, 2.45) is 0 Å². The highest BCUT2D eigenvalue weighted by Gasteiger charge is 2.21. The Labute approximate surface area is 201 Å². The zero-order chi connectivity index (χ0) is 24.9. The first kappa shape index (κ1) is 25.1. The first-order valence-corrected chi connectivity index (χ1v) is 12.4. The molecule has 3 rings (SSSR count). The predicted molar refractivity (Wildman–Crippen MR) is 134 cm³/mol. The summed E-state index contributed by atoms with van der Waals surface area (Å²) in [7, 11) is -2.37. The molecule has 0 aliphatic rings. The zero-order valence-corrected chi connectivity index (χ0v) is 20.8. The van der Waals surface area contributed by atoms with Crippen LogP contribution in [0.5, 0.6) is 11.5 Å². The number of sulfonamides is 1. The fraction of sp³-hybridized carbons (Fsp3) is 0.269. The van der Waals surface area contributed by atoms with Crippen molar-refractivity contribution in [2.45, 2.75) is 45.1 Å².